The van der Waals surface area contributed by atoms with E-state index < -0.39 is 0 Å². The lowest BCUT2D eigenvalue weighted by atomic mass is 9.90. The molecule has 0 atom stereocenters. The number of hydrogen-bond acceptors (Lipinski definition) is 4. The lowest BCUT2D eigenvalue weighted by Gasteiger charge is -2.16. The molecule has 2 aromatic heterocycles. The van der Waals surface area contributed by atoms with Crippen LogP contribution in [0.3, 0.4) is 0 Å². The molecule has 0 aliphatic heterocycles. The fourth-order valence-electron chi connectivity index (χ4n) is 5.75. The van der Waals surface area contributed by atoms with Crippen LogP contribution in [0, 0.1) is 20.2 Å². The van der Waals surface area contributed by atoms with E-state index in [0.717, 1.165) is 54.7 Å². The zero-order valence-electron chi connectivity index (χ0n) is 21.7. The molecule has 0 spiro atoms. The van der Waals surface area contributed by atoms with Crippen molar-refractivity contribution in [3.63, 3.8) is 0 Å². The Morgan fingerprint density at radius 3 is 1.25 bits per heavy atom. The molecular formula is C30H24I2N4O4. The van der Waals surface area contributed by atoms with E-state index in [1.165, 1.54) is 0 Å². The van der Waals surface area contributed by atoms with Crippen LogP contribution in [0.25, 0.3) is 54.7 Å². The maximum Gasteiger partial charge on any atom is 0.276 e. The van der Waals surface area contributed by atoms with Gasteiger partial charge in [-0.25, -0.2) is 0 Å². The molecule has 0 saturated carbocycles. The number of nitro benzene ring substituents is 2. The molecule has 0 bridgehead atoms. The number of hydrogen-bond donors (Lipinski definition) is 0. The molecule has 0 unspecified atom stereocenters. The summed E-state index contributed by atoms with van der Waals surface area (Å²) < 4.78 is 4.21. The highest BCUT2D eigenvalue weighted by Gasteiger charge is 2.28. The minimum atomic E-state index is -0.370. The first-order valence-corrected chi connectivity index (χ1v) is 12.5. The molecule has 0 N–H and O–H groups in total. The number of nitro groups is 2. The largest absolute Gasteiger partial charge is 1.00 e. The molecule has 6 rings (SSSR count). The molecule has 40 heavy (non-hydrogen) atoms. The molecule has 6 aromatic rings. The Hall–Kier alpha value is -3.52. The van der Waals surface area contributed by atoms with E-state index in [-0.39, 0.29) is 69.2 Å². The quantitative estimate of drug-likeness (QED) is 0.0838. The summed E-state index contributed by atoms with van der Waals surface area (Å²) >= 11 is 0. The predicted octanol–water partition coefficient (Wildman–Crippen LogP) is 0.406. The van der Waals surface area contributed by atoms with Crippen LogP contribution >= 0.6 is 0 Å². The van der Waals surface area contributed by atoms with E-state index in [0.29, 0.717) is 13.1 Å². The van der Waals surface area contributed by atoms with Crippen LogP contribution in [0.4, 0.5) is 11.4 Å². The number of aromatic nitrogens is 2. The predicted molar refractivity (Wildman–Crippen MR) is 147 cm³/mol. The Balaban J connectivity index is 0.00000185. The minimum Gasteiger partial charge on any atom is -1.00 e. The molecule has 202 valence electrons. The first-order valence-electron chi connectivity index (χ1n) is 12.5. The SMILES string of the molecule is CC[n+]1c2ccccc2c(-c2c3ccccc3[n+](CC)c3cc([N+](=O)[O-])ccc23)c2ccc([N+](=O)[O-])cc21.[I-].[I-]. The van der Waals surface area contributed by atoms with Crippen molar-refractivity contribution in [2.75, 3.05) is 0 Å². The fraction of sp³-hybridized carbons (Fsp3) is 0.133. The first kappa shape index (κ1) is 29.5. The second kappa shape index (κ2) is 11.5. The number of benzene rings is 4. The molecule has 0 radical (unpaired) electrons. The maximum atomic E-state index is 11.7. The topological polar surface area (TPSA) is 94.0 Å². The lowest BCUT2D eigenvalue weighted by Crippen LogP contribution is -3.00. The third-order valence-corrected chi connectivity index (χ3v) is 7.32. The Labute approximate surface area is 263 Å². The molecule has 0 amide bonds. The second-order valence-corrected chi connectivity index (χ2v) is 9.19. The Bertz CT molecular complexity index is 1840. The smallest absolute Gasteiger partial charge is 0.276 e. The minimum absolute atomic E-state index is 0. The highest BCUT2D eigenvalue weighted by Crippen LogP contribution is 2.42. The number of para-hydroxylation sites is 2. The van der Waals surface area contributed by atoms with Gasteiger partial charge in [-0.1, -0.05) is 24.3 Å². The van der Waals surface area contributed by atoms with E-state index >= 15 is 0 Å². The van der Waals surface area contributed by atoms with Crippen molar-refractivity contribution in [3.05, 3.63) is 105 Å². The average molecular weight is 758 g/mol. The van der Waals surface area contributed by atoms with Gasteiger partial charge in [0.15, 0.2) is 0 Å². The van der Waals surface area contributed by atoms with E-state index in [9.17, 15) is 20.2 Å². The number of aryl methyl sites for hydroxylation is 2. The molecule has 0 aliphatic carbocycles. The highest BCUT2D eigenvalue weighted by atomic mass is 127. The van der Waals surface area contributed by atoms with Crippen molar-refractivity contribution in [1.29, 1.82) is 0 Å². The van der Waals surface area contributed by atoms with Crippen molar-refractivity contribution >= 4 is 55.0 Å². The van der Waals surface area contributed by atoms with Crippen molar-refractivity contribution in [2.45, 2.75) is 26.9 Å². The summed E-state index contributed by atoms with van der Waals surface area (Å²) in [6, 6.07) is 26.2. The van der Waals surface area contributed by atoms with Gasteiger partial charge in [0.25, 0.3) is 11.4 Å². The van der Waals surface area contributed by atoms with Crippen LogP contribution in [0.2, 0.25) is 0 Å². The van der Waals surface area contributed by atoms with Crippen LogP contribution < -0.4 is 57.1 Å². The maximum absolute atomic E-state index is 11.7. The van der Waals surface area contributed by atoms with Crippen molar-refractivity contribution < 1.29 is 66.9 Å². The zero-order valence-corrected chi connectivity index (χ0v) is 26.0. The molecule has 0 fully saturated rings. The Kier molecular flexibility index (Phi) is 8.49. The van der Waals surface area contributed by atoms with Gasteiger partial charge < -0.3 is 48.0 Å². The molecule has 8 nitrogen and oxygen atoms in total. The van der Waals surface area contributed by atoms with Crippen LogP contribution in [0.1, 0.15) is 13.8 Å². The number of rotatable bonds is 5. The normalized spacial score (nSPS) is 10.9. The molecule has 10 heteroatoms. The van der Waals surface area contributed by atoms with Crippen molar-refractivity contribution in [2.24, 2.45) is 0 Å². The monoisotopic (exact) mass is 758 g/mol. The number of fused-ring (bicyclic) bond motifs is 4. The summed E-state index contributed by atoms with van der Waals surface area (Å²) in [7, 11) is 0. The summed E-state index contributed by atoms with van der Waals surface area (Å²) in [5.74, 6) is 0. The van der Waals surface area contributed by atoms with Crippen LogP contribution in [-0.2, 0) is 13.1 Å². The van der Waals surface area contributed by atoms with Crippen molar-refractivity contribution in [3.8, 4) is 11.1 Å². The molecular weight excluding hydrogens is 734 g/mol. The lowest BCUT2D eigenvalue weighted by molar-refractivity contribution is -0.641. The standard InChI is InChI=1S/C30H24N4O4.2HI/c1-3-31-25-11-7-5-9-21(25)29(23-15-13-19(33(35)36)17-27(23)31)30-22-10-6-8-12-26(22)32(4-2)28-18-20(34(37)38)14-16-24(28)30;;/h5-18H,3-4H2,1-2H3;2*1H/q+2;;/p-2. The van der Waals surface area contributed by atoms with Gasteiger partial charge in [0.2, 0.25) is 22.1 Å². The van der Waals surface area contributed by atoms with Gasteiger partial charge in [0.1, 0.15) is 13.1 Å². The molecule has 4 aromatic carbocycles. The number of halogens is 2. The summed E-state index contributed by atoms with van der Waals surface area (Å²) in [6.07, 6.45) is 0. The first-order chi connectivity index (χ1) is 18.4. The summed E-state index contributed by atoms with van der Waals surface area (Å²) in [5, 5.41) is 27.2. The molecule has 2 heterocycles. The van der Waals surface area contributed by atoms with E-state index in [2.05, 4.69) is 21.3 Å². The molecule has 0 aliphatic rings. The van der Waals surface area contributed by atoms with E-state index in [1.54, 1.807) is 24.3 Å². The van der Waals surface area contributed by atoms with Crippen LogP contribution in [0.5, 0.6) is 0 Å². The number of nitrogens with zero attached hydrogens (tertiary/aromatic N) is 4. The fourth-order valence-corrected chi connectivity index (χ4v) is 5.75. The Morgan fingerprint density at radius 2 is 0.900 bits per heavy atom. The molecule has 0 saturated heterocycles. The summed E-state index contributed by atoms with van der Waals surface area (Å²) in [5.41, 5.74) is 5.42. The van der Waals surface area contributed by atoms with Gasteiger partial charge in [-0.05, 0) is 38.1 Å². The van der Waals surface area contributed by atoms with E-state index in [4.69, 9.17) is 0 Å². The highest BCUT2D eigenvalue weighted by molar-refractivity contribution is 6.19. The van der Waals surface area contributed by atoms with Crippen LogP contribution in [-0.4, -0.2) is 9.85 Å². The van der Waals surface area contributed by atoms with Gasteiger partial charge in [0, 0.05) is 35.4 Å². The third-order valence-electron chi connectivity index (χ3n) is 7.32. The summed E-state index contributed by atoms with van der Waals surface area (Å²) in [4.78, 5) is 22.7. The third kappa shape index (κ3) is 4.52. The van der Waals surface area contributed by atoms with Gasteiger partial charge in [-0.2, -0.15) is 9.13 Å². The van der Waals surface area contributed by atoms with Gasteiger partial charge in [-0.3, -0.25) is 20.2 Å². The Morgan fingerprint density at radius 1 is 0.550 bits per heavy atom. The number of non-ortho nitro benzene ring substituents is 2. The van der Waals surface area contributed by atoms with Gasteiger partial charge >= 0.3 is 0 Å². The van der Waals surface area contributed by atoms with Crippen LogP contribution in [0.15, 0.2) is 84.9 Å². The average Bonchev–Trinajstić information content (AvgIpc) is 2.94. The van der Waals surface area contributed by atoms with Gasteiger partial charge in [-0.15, -0.1) is 0 Å². The van der Waals surface area contributed by atoms with E-state index in [1.807, 2.05) is 62.4 Å². The summed E-state index contributed by atoms with van der Waals surface area (Å²) in [6.45, 7) is 5.33. The number of pyridine rings is 2. The van der Waals surface area contributed by atoms with Crippen molar-refractivity contribution in [1.82, 2.24) is 0 Å². The zero-order chi connectivity index (χ0) is 26.6. The van der Waals surface area contributed by atoms with Gasteiger partial charge in [0.05, 0.1) is 43.5 Å². The second-order valence-electron chi connectivity index (χ2n) is 9.19.